The third-order valence-corrected chi connectivity index (χ3v) is 2.60. The molecule has 0 unspecified atom stereocenters. The van der Waals surface area contributed by atoms with Gasteiger partial charge in [-0.3, -0.25) is 0 Å². The summed E-state index contributed by atoms with van der Waals surface area (Å²) in [5.74, 6) is 1.24. The molecule has 0 saturated heterocycles. The molecule has 1 rings (SSSR count). The van der Waals surface area contributed by atoms with Crippen LogP contribution in [0.4, 0.5) is 0 Å². The lowest BCUT2D eigenvalue weighted by Crippen LogP contribution is -2.08. The Balaban J connectivity index is 2.21. The van der Waals surface area contributed by atoms with Gasteiger partial charge in [0.2, 0.25) is 0 Å². The Morgan fingerprint density at radius 1 is 1.33 bits per heavy atom. The normalized spacial score (nSPS) is 10.8. The van der Waals surface area contributed by atoms with E-state index < -0.39 is 0 Å². The van der Waals surface area contributed by atoms with Crippen LogP contribution in [0.15, 0.2) is 12.4 Å². The van der Waals surface area contributed by atoms with E-state index in [1.165, 1.54) is 31.5 Å². The highest BCUT2D eigenvalue weighted by molar-refractivity contribution is 4.92. The SMILES string of the molecule is CCCc1nccn1CCCCCNC. The minimum atomic E-state index is 1.10. The van der Waals surface area contributed by atoms with Crippen molar-refractivity contribution in [1.82, 2.24) is 14.9 Å². The number of aryl methyl sites for hydroxylation is 2. The number of hydrogen-bond acceptors (Lipinski definition) is 2. The second-order valence-corrected chi connectivity index (χ2v) is 3.95. The van der Waals surface area contributed by atoms with Crippen molar-refractivity contribution in [2.75, 3.05) is 13.6 Å². The molecular formula is C12H23N3. The van der Waals surface area contributed by atoms with Crippen molar-refractivity contribution in [2.45, 2.75) is 45.6 Å². The lowest BCUT2D eigenvalue weighted by molar-refractivity contribution is 0.557. The number of aromatic nitrogens is 2. The van der Waals surface area contributed by atoms with E-state index in [2.05, 4.69) is 28.0 Å². The van der Waals surface area contributed by atoms with Crippen molar-refractivity contribution in [2.24, 2.45) is 0 Å². The number of unbranched alkanes of at least 4 members (excludes halogenated alkanes) is 2. The zero-order valence-electron chi connectivity index (χ0n) is 10.00. The van der Waals surface area contributed by atoms with Gasteiger partial charge < -0.3 is 9.88 Å². The standard InChI is InChI=1S/C12H23N3/c1-3-7-12-14-9-11-15(12)10-6-4-5-8-13-2/h9,11,13H,3-8,10H2,1-2H3. The van der Waals surface area contributed by atoms with Crippen LogP contribution in [0, 0.1) is 0 Å². The minimum Gasteiger partial charge on any atom is -0.335 e. The van der Waals surface area contributed by atoms with E-state index in [4.69, 9.17) is 0 Å². The Morgan fingerprint density at radius 2 is 2.20 bits per heavy atom. The van der Waals surface area contributed by atoms with Crippen LogP contribution < -0.4 is 5.32 Å². The van der Waals surface area contributed by atoms with Crippen molar-refractivity contribution in [3.05, 3.63) is 18.2 Å². The molecule has 0 spiro atoms. The average molecular weight is 209 g/mol. The van der Waals surface area contributed by atoms with Gasteiger partial charge in [-0.1, -0.05) is 13.3 Å². The molecule has 3 nitrogen and oxygen atoms in total. The Bertz CT molecular complexity index is 255. The predicted octanol–water partition coefficient (Wildman–Crippen LogP) is 2.23. The van der Waals surface area contributed by atoms with Gasteiger partial charge in [-0.25, -0.2) is 4.98 Å². The summed E-state index contributed by atoms with van der Waals surface area (Å²) in [6.07, 6.45) is 10.1. The molecule has 0 aliphatic carbocycles. The Morgan fingerprint density at radius 3 is 2.93 bits per heavy atom. The van der Waals surface area contributed by atoms with E-state index >= 15 is 0 Å². The van der Waals surface area contributed by atoms with Crippen LogP contribution in [0.1, 0.15) is 38.4 Å². The topological polar surface area (TPSA) is 29.9 Å². The monoisotopic (exact) mass is 209 g/mol. The minimum absolute atomic E-state index is 1.10. The first-order chi connectivity index (χ1) is 7.38. The lowest BCUT2D eigenvalue weighted by Gasteiger charge is -2.06. The maximum atomic E-state index is 4.37. The smallest absolute Gasteiger partial charge is 0.108 e. The summed E-state index contributed by atoms with van der Waals surface area (Å²) in [6.45, 7) is 4.46. The molecule has 86 valence electrons. The number of rotatable bonds is 8. The Labute approximate surface area is 92.9 Å². The lowest BCUT2D eigenvalue weighted by atomic mass is 10.2. The third-order valence-electron chi connectivity index (χ3n) is 2.60. The van der Waals surface area contributed by atoms with Crippen LogP contribution in [-0.4, -0.2) is 23.1 Å². The van der Waals surface area contributed by atoms with Crippen molar-refractivity contribution in [1.29, 1.82) is 0 Å². The van der Waals surface area contributed by atoms with E-state index in [0.717, 1.165) is 19.5 Å². The molecule has 15 heavy (non-hydrogen) atoms. The summed E-state index contributed by atoms with van der Waals surface area (Å²) in [4.78, 5) is 4.37. The van der Waals surface area contributed by atoms with E-state index in [-0.39, 0.29) is 0 Å². The highest BCUT2D eigenvalue weighted by atomic mass is 15.1. The fourth-order valence-corrected chi connectivity index (χ4v) is 1.76. The van der Waals surface area contributed by atoms with E-state index in [1.54, 1.807) is 0 Å². The fraction of sp³-hybridized carbons (Fsp3) is 0.750. The summed E-state index contributed by atoms with van der Waals surface area (Å²) < 4.78 is 2.29. The first-order valence-electron chi connectivity index (χ1n) is 6.03. The molecule has 1 heterocycles. The van der Waals surface area contributed by atoms with Gasteiger partial charge in [0.05, 0.1) is 0 Å². The summed E-state index contributed by atoms with van der Waals surface area (Å²) in [6, 6.07) is 0. The second kappa shape index (κ2) is 7.46. The van der Waals surface area contributed by atoms with Crippen molar-refractivity contribution < 1.29 is 0 Å². The van der Waals surface area contributed by atoms with Gasteiger partial charge in [0.1, 0.15) is 5.82 Å². The molecule has 1 N–H and O–H groups in total. The zero-order valence-corrected chi connectivity index (χ0v) is 10.00. The van der Waals surface area contributed by atoms with Crippen molar-refractivity contribution in [3.8, 4) is 0 Å². The number of nitrogens with one attached hydrogen (secondary N) is 1. The molecule has 0 bridgehead atoms. The summed E-state index contributed by atoms with van der Waals surface area (Å²) in [7, 11) is 2.01. The molecule has 0 saturated carbocycles. The van der Waals surface area contributed by atoms with E-state index in [1.807, 2.05) is 13.2 Å². The Hall–Kier alpha value is -0.830. The fourth-order valence-electron chi connectivity index (χ4n) is 1.76. The molecule has 1 aromatic rings. The van der Waals surface area contributed by atoms with Crippen LogP contribution >= 0.6 is 0 Å². The molecule has 0 aromatic carbocycles. The van der Waals surface area contributed by atoms with Crippen molar-refractivity contribution in [3.63, 3.8) is 0 Å². The first kappa shape index (κ1) is 12.2. The number of nitrogens with zero attached hydrogens (tertiary/aromatic N) is 2. The molecular weight excluding hydrogens is 186 g/mol. The third kappa shape index (κ3) is 4.47. The molecule has 0 fully saturated rings. The van der Waals surface area contributed by atoms with Crippen LogP contribution in [0.2, 0.25) is 0 Å². The van der Waals surface area contributed by atoms with Crippen LogP contribution in [0.5, 0.6) is 0 Å². The van der Waals surface area contributed by atoms with Crippen LogP contribution in [0.25, 0.3) is 0 Å². The quantitative estimate of drug-likeness (QED) is 0.665. The van der Waals surface area contributed by atoms with Gasteiger partial charge in [-0.2, -0.15) is 0 Å². The zero-order chi connectivity index (χ0) is 10.9. The van der Waals surface area contributed by atoms with Gasteiger partial charge in [0, 0.05) is 25.4 Å². The van der Waals surface area contributed by atoms with E-state index in [0.29, 0.717) is 0 Å². The molecule has 1 aromatic heterocycles. The number of hydrogen-bond donors (Lipinski definition) is 1. The summed E-state index contributed by atoms with van der Waals surface area (Å²) in [5.41, 5.74) is 0. The molecule has 0 aliphatic heterocycles. The van der Waals surface area contributed by atoms with Gasteiger partial charge in [0.25, 0.3) is 0 Å². The van der Waals surface area contributed by atoms with Gasteiger partial charge in [-0.15, -0.1) is 0 Å². The number of imidazole rings is 1. The predicted molar refractivity (Wildman–Crippen MR) is 64.0 cm³/mol. The van der Waals surface area contributed by atoms with Crippen molar-refractivity contribution >= 4 is 0 Å². The highest BCUT2D eigenvalue weighted by Crippen LogP contribution is 2.04. The maximum absolute atomic E-state index is 4.37. The Kier molecular flexibility index (Phi) is 6.09. The van der Waals surface area contributed by atoms with Gasteiger partial charge in [-0.05, 0) is 32.9 Å². The molecule has 3 heteroatoms. The summed E-state index contributed by atoms with van der Waals surface area (Å²) in [5, 5.41) is 3.17. The maximum Gasteiger partial charge on any atom is 0.108 e. The van der Waals surface area contributed by atoms with Gasteiger partial charge in [0.15, 0.2) is 0 Å². The van der Waals surface area contributed by atoms with Crippen LogP contribution in [-0.2, 0) is 13.0 Å². The average Bonchev–Trinajstić information content (AvgIpc) is 2.66. The largest absolute Gasteiger partial charge is 0.335 e. The van der Waals surface area contributed by atoms with E-state index in [9.17, 15) is 0 Å². The van der Waals surface area contributed by atoms with Crippen LogP contribution in [0.3, 0.4) is 0 Å². The molecule has 0 atom stereocenters. The summed E-state index contributed by atoms with van der Waals surface area (Å²) >= 11 is 0. The first-order valence-corrected chi connectivity index (χ1v) is 6.03. The van der Waals surface area contributed by atoms with Gasteiger partial charge >= 0.3 is 0 Å². The molecule has 0 aliphatic rings. The molecule has 0 amide bonds. The second-order valence-electron chi connectivity index (χ2n) is 3.95. The highest BCUT2D eigenvalue weighted by Gasteiger charge is 2.00. The molecule has 0 radical (unpaired) electrons.